The van der Waals surface area contributed by atoms with Crippen molar-refractivity contribution in [3.8, 4) is 0 Å². The predicted molar refractivity (Wildman–Crippen MR) is 45.8 cm³/mol. The van der Waals surface area contributed by atoms with Gasteiger partial charge in [0.05, 0.1) is 0 Å². The maximum Gasteiger partial charge on any atom is 0.0438 e. The molecule has 2 heteroatoms. The van der Waals surface area contributed by atoms with Crippen molar-refractivity contribution in [2.45, 2.75) is 44.1 Å². The smallest absolute Gasteiger partial charge is 0.0438 e. The molecule has 4 aliphatic carbocycles. The molecule has 2 nitrogen and oxygen atoms in total. The summed E-state index contributed by atoms with van der Waals surface area (Å²) < 4.78 is 0. The Morgan fingerprint density at radius 3 is 1.67 bits per heavy atom. The number of hydrogen-bond acceptors (Lipinski definition) is 2. The molecule has 0 amide bonds. The van der Waals surface area contributed by atoms with Crippen LogP contribution in [-0.2, 0) is 0 Å². The van der Waals surface area contributed by atoms with Gasteiger partial charge in [-0.15, -0.1) is 0 Å². The molecule has 4 rings (SSSR count). The van der Waals surface area contributed by atoms with Crippen LogP contribution in [0.15, 0.2) is 0 Å². The third kappa shape index (κ3) is 0.882. The highest BCUT2D eigenvalue weighted by Crippen LogP contribution is 2.55. The molecule has 4 bridgehead atoms. The van der Waals surface area contributed by atoms with Gasteiger partial charge in [-0.05, 0) is 56.3 Å². The fourth-order valence-corrected chi connectivity index (χ4v) is 4.25. The Bertz CT molecular complexity index is 167. The summed E-state index contributed by atoms with van der Waals surface area (Å²) in [6, 6.07) is 0. The molecular formula is C10H17NO. The molecule has 0 saturated heterocycles. The highest BCUT2D eigenvalue weighted by atomic mass is 16.5. The second kappa shape index (κ2) is 2.24. The van der Waals surface area contributed by atoms with E-state index in [1.54, 1.807) is 0 Å². The van der Waals surface area contributed by atoms with E-state index in [2.05, 4.69) is 5.48 Å². The van der Waals surface area contributed by atoms with Gasteiger partial charge in [-0.3, -0.25) is 0 Å². The molecule has 0 atom stereocenters. The lowest BCUT2D eigenvalue weighted by molar-refractivity contribution is -0.0789. The van der Waals surface area contributed by atoms with E-state index in [1.807, 2.05) is 0 Å². The van der Waals surface area contributed by atoms with Crippen LogP contribution in [0.1, 0.15) is 38.5 Å². The summed E-state index contributed by atoms with van der Waals surface area (Å²) in [6.07, 6.45) is 8.03. The topological polar surface area (TPSA) is 32.3 Å². The lowest BCUT2D eigenvalue weighted by atomic mass is 9.53. The molecule has 0 radical (unpaired) electrons. The van der Waals surface area contributed by atoms with E-state index >= 15 is 0 Å². The van der Waals surface area contributed by atoms with Crippen molar-refractivity contribution in [3.05, 3.63) is 0 Å². The average Bonchev–Trinajstić information content (AvgIpc) is 2.02. The maximum atomic E-state index is 9.18. The largest absolute Gasteiger partial charge is 0.316 e. The first-order valence-corrected chi connectivity index (χ1v) is 5.21. The van der Waals surface area contributed by atoms with E-state index in [4.69, 9.17) is 0 Å². The summed E-state index contributed by atoms with van der Waals surface area (Å²) in [7, 11) is 0. The zero-order valence-corrected chi connectivity index (χ0v) is 7.42. The molecule has 68 valence electrons. The zero-order chi connectivity index (χ0) is 8.18. The van der Waals surface area contributed by atoms with Gasteiger partial charge in [0.1, 0.15) is 0 Å². The van der Waals surface area contributed by atoms with Crippen LogP contribution < -0.4 is 5.48 Å². The summed E-state index contributed by atoms with van der Waals surface area (Å²) in [6.45, 7) is 0. The Hall–Kier alpha value is -0.0800. The second-order valence-electron chi connectivity index (χ2n) is 5.31. The summed E-state index contributed by atoms with van der Waals surface area (Å²) in [5, 5.41) is 9.18. The molecule has 0 unspecified atom stereocenters. The van der Waals surface area contributed by atoms with Crippen LogP contribution in [0.25, 0.3) is 0 Å². The SMILES string of the molecule is ONC12CC3CC(CC(C3)C1)C2. The normalized spacial score (nSPS) is 56.2. The Balaban J connectivity index is 1.90. The van der Waals surface area contributed by atoms with Gasteiger partial charge < -0.3 is 5.21 Å². The fourth-order valence-electron chi connectivity index (χ4n) is 4.25. The Labute approximate surface area is 73.3 Å². The minimum Gasteiger partial charge on any atom is -0.316 e. The maximum absolute atomic E-state index is 9.18. The highest BCUT2D eigenvalue weighted by molar-refractivity contribution is 5.04. The molecule has 4 saturated carbocycles. The van der Waals surface area contributed by atoms with Gasteiger partial charge in [-0.2, -0.15) is 5.48 Å². The monoisotopic (exact) mass is 167 g/mol. The number of hydroxylamine groups is 1. The van der Waals surface area contributed by atoms with E-state index in [1.165, 1.54) is 38.5 Å². The van der Waals surface area contributed by atoms with Gasteiger partial charge in [0.15, 0.2) is 0 Å². The average molecular weight is 167 g/mol. The van der Waals surface area contributed by atoms with Gasteiger partial charge in [-0.25, -0.2) is 0 Å². The zero-order valence-electron chi connectivity index (χ0n) is 7.42. The molecule has 0 aromatic heterocycles. The van der Waals surface area contributed by atoms with Crippen LogP contribution >= 0.6 is 0 Å². The minimum atomic E-state index is 0.148. The van der Waals surface area contributed by atoms with Crippen molar-refractivity contribution < 1.29 is 5.21 Å². The molecule has 4 fully saturated rings. The van der Waals surface area contributed by atoms with Gasteiger partial charge >= 0.3 is 0 Å². The van der Waals surface area contributed by atoms with Crippen LogP contribution in [-0.4, -0.2) is 10.7 Å². The molecule has 0 aromatic rings. The summed E-state index contributed by atoms with van der Waals surface area (Å²) in [5.41, 5.74) is 2.76. The summed E-state index contributed by atoms with van der Waals surface area (Å²) in [4.78, 5) is 0. The van der Waals surface area contributed by atoms with E-state index in [-0.39, 0.29) is 5.54 Å². The lowest BCUT2D eigenvalue weighted by Crippen LogP contribution is -2.57. The fraction of sp³-hybridized carbons (Fsp3) is 1.00. The van der Waals surface area contributed by atoms with Crippen molar-refractivity contribution in [1.29, 1.82) is 0 Å². The number of rotatable bonds is 1. The Kier molecular flexibility index (Phi) is 1.37. The van der Waals surface area contributed by atoms with Crippen LogP contribution in [0.2, 0.25) is 0 Å². The molecule has 0 heterocycles. The lowest BCUT2D eigenvalue weighted by Gasteiger charge is -2.56. The standard InChI is InChI=1S/C10H17NO/c12-11-10-4-7-1-8(5-10)3-9(2-7)6-10/h7-9,11-12H,1-6H2. The summed E-state index contributed by atoms with van der Waals surface area (Å²) >= 11 is 0. The molecule has 12 heavy (non-hydrogen) atoms. The van der Waals surface area contributed by atoms with Crippen molar-refractivity contribution >= 4 is 0 Å². The van der Waals surface area contributed by atoms with Crippen LogP contribution in [0, 0.1) is 17.8 Å². The van der Waals surface area contributed by atoms with Crippen LogP contribution in [0.4, 0.5) is 0 Å². The van der Waals surface area contributed by atoms with Crippen molar-refractivity contribution in [3.63, 3.8) is 0 Å². The molecule has 0 spiro atoms. The predicted octanol–water partition coefficient (Wildman–Crippen LogP) is 1.93. The van der Waals surface area contributed by atoms with Gasteiger partial charge in [0.2, 0.25) is 0 Å². The van der Waals surface area contributed by atoms with Crippen molar-refractivity contribution in [2.75, 3.05) is 0 Å². The van der Waals surface area contributed by atoms with E-state index in [0.29, 0.717) is 0 Å². The second-order valence-corrected chi connectivity index (χ2v) is 5.31. The van der Waals surface area contributed by atoms with Gasteiger partial charge in [-0.1, -0.05) is 0 Å². The molecule has 2 N–H and O–H groups in total. The number of hydrogen-bond donors (Lipinski definition) is 2. The van der Waals surface area contributed by atoms with Crippen LogP contribution in [0.3, 0.4) is 0 Å². The first-order chi connectivity index (χ1) is 5.80. The third-order valence-electron chi connectivity index (χ3n) is 4.28. The first-order valence-electron chi connectivity index (χ1n) is 5.21. The van der Waals surface area contributed by atoms with Crippen molar-refractivity contribution in [2.24, 2.45) is 17.8 Å². The van der Waals surface area contributed by atoms with E-state index < -0.39 is 0 Å². The molecule has 4 aliphatic rings. The van der Waals surface area contributed by atoms with Gasteiger partial charge in [0, 0.05) is 5.54 Å². The van der Waals surface area contributed by atoms with Crippen molar-refractivity contribution in [1.82, 2.24) is 5.48 Å². The Morgan fingerprint density at radius 2 is 1.33 bits per heavy atom. The minimum absolute atomic E-state index is 0.148. The molecule has 0 aromatic carbocycles. The molecular weight excluding hydrogens is 150 g/mol. The number of nitrogens with one attached hydrogen (secondary N) is 1. The first kappa shape index (κ1) is 7.34. The summed E-state index contributed by atoms with van der Waals surface area (Å²) in [5.74, 6) is 2.78. The van der Waals surface area contributed by atoms with Crippen LogP contribution in [0.5, 0.6) is 0 Å². The Morgan fingerprint density at radius 1 is 0.917 bits per heavy atom. The highest BCUT2D eigenvalue weighted by Gasteiger charge is 2.50. The van der Waals surface area contributed by atoms with E-state index in [9.17, 15) is 5.21 Å². The molecule has 0 aliphatic heterocycles. The van der Waals surface area contributed by atoms with Gasteiger partial charge in [0.25, 0.3) is 0 Å². The third-order valence-corrected chi connectivity index (χ3v) is 4.28. The van der Waals surface area contributed by atoms with E-state index in [0.717, 1.165) is 17.8 Å². The quantitative estimate of drug-likeness (QED) is 0.585.